The molecule has 0 aromatic carbocycles. The summed E-state index contributed by atoms with van der Waals surface area (Å²) in [6.07, 6.45) is 2.23. The van der Waals surface area contributed by atoms with Gasteiger partial charge in [0.15, 0.2) is 9.84 Å². The Kier molecular flexibility index (Phi) is 3.69. The van der Waals surface area contributed by atoms with E-state index in [4.69, 9.17) is 0 Å². The Balaban J connectivity index is 1.76. The van der Waals surface area contributed by atoms with Gasteiger partial charge in [-0.15, -0.1) is 0 Å². The zero-order valence-electron chi connectivity index (χ0n) is 11.7. The molecule has 1 fully saturated rings. The van der Waals surface area contributed by atoms with Crippen molar-refractivity contribution >= 4 is 33.2 Å². The Morgan fingerprint density at radius 3 is 2.86 bits per heavy atom. The zero-order valence-corrected chi connectivity index (χ0v) is 12.5. The van der Waals surface area contributed by atoms with Gasteiger partial charge in [-0.3, -0.25) is 14.7 Å². The molecular formula is C12H15N5O4S. The minimum absolute atomic E-state index is 0.0483. The van der Waals surface area contributed by atoms with Crippen molar-refractivity contribution in [2.45, 2.75) is 25.3 Å². The normalized spacial score (nSPS) is 24.2. The number of nitrogens with zero attached hydrogens (tertiary/aromatic N) is 3. The first kappa shape index (κ1) is 14.7. The number of anilines is 1. The number of nitrogens with one attached hydrogen (secondary N) is 2. The monoisotopic (exact) mass is 325 g/mol. The van der Waals surface area contributed by atoms with Crippen LogP contribution >= 0.6 is 0 Å². The van der Waals surface area contributed by atoms with E-state index in [-0.39, 0.29) is 36.0 Å². The number of rotatable bonds is 3. The van der Waals surface area contributed by atoms with Crippen LogP contribution in [0.25, 0.3) is 0 Å². The van der Waals surface area contributed by atoms with Crippen molar-refractivity contribution in [1.29, 1.82) is 0 Å². The summed E-state index contributed by atoms with van der Waals surface area (Å²) in [5.74, 6) is -0.299. The van der Waals surface area contributed by atoms with Crippen molar-refractivity contribution in [1.82, 2.24) is 15.2 Å². The maximum Gasteiger partial charge on any atom is 0.273 e. The van der Waals surface area contributed by atoms with Crippen LogP contribution in [0.1, 0.15) is 19.3 Å². The third-order valence-corrected chi connectivity index (χ3v) is 5.38. The SMILES string of the molecule is O=C(Nc1ccn[nH]1)C1=NN([C@H]2CCS(=O)(=O)C2)C(=O)CC1. The molecule has 3 rings (SSSR count). The van der Waals surface area contributed by atoms with Gasteiger partial charge in [0.05, 0.1) is 23.7 Å². The number of carbonyl (C=O) groups excluding carboxylic acids is 2. The summed E-state index contributed by atoms with van der Waals surface area (Å²) in [5.41, 5.74) is 0.207. The molecule has 0 spiro atoms. The van der Waals surface area contributed by atoms with E-state index in [2.05, 4.69) is 20.6 Å². The molecule has 2 aliphatic rings. The summed E-state index contributed by atoms with van der Waals surface area (Å²) in [6, 6.07) is 1.11. The Morgan fingerprint density at radius 1 is 1.41 bits per heavy atom. The standard InChI is InChI=1S/C12H15N5O4S/c18-11-2-1-9(12(19)14-10-3-5-13-15-10)16-17(11)8-4-6-22(20,21)7-8/h3,5,8H,1-2,4,6-7H2,(H2,13,14,15,19)/t8-/m0/s1. The predicted octanol–water partition coefficient (Wildman–Crippen LogP) is -0.486. The van der Waals surface area contributed by atoms with Crippen molar-refractivity contribution in [3.63, 3.8) is 0 Å². The maximum absolute atomic E-state index is 12.1. The first-order chi connectivity index (χ1) is 10.4. The fourth-order valence-electron chi connectivity index (χ4n) is 2.51. The third kappa shape index (κ3) is 3.01. The van der Waals surface area contributed by atoms with Crippen LogP contribution in [0, 0.1) is 0 Å². The molecule has 10 heteroatoms. The van der Waals surface area contributed by atoms with Crippen molar-refractivity contribution in [3.8, 4) is 0 Å². The summed E-state index contributed by atoms with van der Waals surface area (Å²) in [4.78, 5) is 24.1. The number of aromatic amines is 1. The summed E-state index contributed by atoms with van der Waals surface area (Å²) < 4.78 is 23.1. The molecule has 1 saturated heterocycles. The number of sulfone groups is 1. The minimum atomic E-state index is -3.12. The highest BCUT2D eigenvalue weighted by molar-refractivity contribution is 7.91. The van der Waals surface area contributed by atoms with Crippen LogP contribution in [0.4, 0.5) is 5.82 Å². The molecule has 2 N–H and O–H groups in total. The summed E-state index contributed by atoms with van der Waals surface area (Å²) in [7, 11) is -3.12. The molecule has 22 heavy (non-hydrogen) atoms. The topological polar surface area (TPSA) is 125 Å². The van der Waals surface area contributed by atoms with E-state index in [1.165, 1.54) is 6.20 Å². The smallest absolute Gasteiger partial charge is 0.273 e. The van der Waals surface area contributed by atoms with Gasteiger partial charge in [0.25, 0.3) is 5.91 Å². The van der Waals surface area contributed by atoms with Crippen LogP contribution in [0.2, 0.25) is 0 Å². The maximum atomic E-state index is 12.1. The zero-order chi connectivity index (χ0) is 15.7. The van der Waals surface area contributed by atoms with Crippen LogP contribution in [-0.2, 0) is 19.4 Å². The molecule has 3 heterocycles. The van der Waals surface area contributed by atoms with Gasteiger partial charge in [-0.25, -0.2) is 13.4 Å². The van der Waals surface area contributed by atoms with E-state index >= 15 is 0 Å². The first-order valence-electron chi connectivity index (χ1n) is 6.85. The molecular weight excluding hydrogens is 310 g/mol. The molecule has 0 unspecified atom stereocenters. The molecule has 1 aromatic heterocycles. The quantitative estimate of drug-likeness (QED) is 0.776. The van der Waals surface area contributed by atoms with Crippen LogP contribution in [0.3, 0.4) is 0 Å². The lowest BCUT2D eigenvalue weighted by molar-refractivity contribution is -0.133. The molecule has 0 saturated carbocycles. The second kappa shape index (κ2) is 5.52. The van der Waals surface area contributed by atoms with Gasteiger partial charge >= 0.3 is 0 Å². The van der Waals surface area contributed by atoms with E-state index in [9.17, 15) is 18.0 Å². The fraction of sp³-hybridized carbons (Fsp3) is 0.500. The lowest BCUT2D eigenvalue weighted by atomic mass is 10.1. The number of amides is 2. The molecule has 0 radical (unpaired) electrons. The molecule has 9 nitrogen and oxygen atoms in total. The Bertz CT molecular complexity index is 725. The third-order valence-electron chi connectivity index (χ3n) is 3.62. The molecule has 0 bridgehead atoms. The molecule has 1 aromatic rings. The second-order valence-corrected chi connectivity index (χ2v) is 7.50. The number of aromatic nitrogens is 2. The highest BCUT2D eigenvalue weighted by Gasteiger charge is 2.37. The van der Waals surface area contributed by atoms with Crippen LogP contribution in [0.5, 0.6) is 0 Å². The van der Waals surface area contributed by atoms with Gasteiger partial charge in [-0.2, -0.15) is 10.2 Å². The number of H-pyrrole nitrogens is 1. The average Bonchev–Trinajstić information content (AvgIpc) is 3.08. The lowest BCUT2D eigenvalue weighted by Gasteiger charge is -2.27. The van der Waals surface area contributed by atoms with Crippen LogP contribution < -0.4 is 5.32 Å². The summed E-state index contributed by atoms with van der Waals surface area (Å²) in [5, 5.41) is 14.1. The van der Waals surface area contributed by atoms with Crippen molar-refractivity contribution < 1.29 is 18.0 Å². The van der Waals surface area contributed by atoms with Crippen molar-refractivity contribution in [3.05, 3.63) is 12.3 Å². The first-order valence-corrected chi connectivity index (χ1v) is 8.67. The van der Waals surface area contributed by atoms with E-state index in [0.29, 0.717) is 12.2 Å². The number of carbonyl (C=O) groups is 2. The highest BCUT2D eigenvalue weighted by atomic mass is 32.2. The molecule has 0 aliphatic carbocycles. The molecule has 2 amide bonds. The van der Waals surface area contributed by atoms with Gasteiger partial charge in [0.1, 0.15) is 11.5 Å². The van der Waals surface area contributed by atoms with Gasteiger partial charge in [-0.05, 0) is 6.42 Å². The minimum Gasteiger partial charge on any atom is -0.306 e. The van der Waals surface area contributed by atoms with Gasteiger partial charge in [0, 0.05) is 18.9 Å². The predicted molar refractivity (Wildman–Crippen MR) is 77.8 cm³/mol. The van der Waals surface area contributed by atoms with Crippen molar-refractivity contribution in [2.24, 2.45) is 5.10 Å². The Morgan fingerprint density at radius 2 is 2.23 bits per heavy atom. The number of hydrogen-bond acceptors (Lipinski definition) is 6. The van der Waals surface area contributed by atoms with E-state index in [1.54, 1.807) is 6.07 Å². The lowest BCUT2D eigenvalue weighted by Crippen LogP contribution is -2.42. The number of hydrogen-bond donors (Lipinski definition) is 2. The second-order valence-electron chi connectivity index (χ2n) is 5.27. The van der Waals surface area contributed by atoms with E-state index < -0.39 is 21.8 Å². The Labute approximate surface area is 126 Å². The van der Waals surface area contributed by atoms with Gasteiger partial charge in [-0.1, -0.05) is 0 Å². The summed E-state index contributed by atoms with van der Waals surface area (Å²) in [6.45, 7) is 0. The van der Waals surface area contributed by atoms with Crippen LogP contribution in [-0.4, -0.2) is 58.7 Å². The highest BCUT2D eigenvalue weighted by Crippen LogP contribution is 2.22. The van der Waals surface area contributed by atoms with Crippen molar-refractivity contribution in [2.75, 3.05) is 16.8 Å². The molecule has 2 aliphatic heterocycles. The molecule has 118 valence electrons. The Hall–Kier alpha value is -2.23. The van der Waals surface area contributed by atoms with E-state index in [0.717, 1.165) is 5.01 Å². The van der Waals surface area contributed by atoms with Crippen LogP contribution in [0.15, 0.2) is 17.4 Å². The fourth-order valence-corrected chi connectivity index (χ4v) is 4.20. The largest absolute Gasteiger partial charge is 0.306 e. The van der Waals surface area contributed by atoms with Gasteiger partial charge < -0.3 is 5.32 Å². The van der Waals surface area contributed by atoms with E-state index in [1.807, 2.05) is 0 Å². The average molecular weight is 325 g/mol. The number of hydrazone groups is 1. The van der Waals surface area contributed by atoms with Gasteiger partial charge in [0.2, 0.25) is 5.91 Å². The molecule has 1 atom stereocenters. The summed E-state index contributed by atoms with van der Waals surface area (Å²) >= 11 is 0.